The minimum absolute atomic E-state index is 0.0258. The summed E-state index contributed by atoms with van der Waals surface area (Å²) in [5, 5.41) is 0. The van der Waals surface area contributed by atoms with Crippen molar-refractivity contribution in [2.45, 2.75) is 44.2 Å². The number of benzene rings is 2. The van der Waals surface area contributed by atoms with E-state index in [1.165, 1.54) is 11.1 Å². The quantitative estimate of drug-likeness (QED) is 0.701. The van der Waals surface area contributed by atoms with Crippen LogP contribution in [0.5, 0.6) is 0 Å². The Morgan fingerprint density at radius 1 is 0.906 bits per heavy atom. The molecule has 1 saturated carbocycles. The van der Waals surface area contributed by atoms with E-state index in [9.17, 15) is 9.59 Å². The summed E-state index contributed by atoms with van der Waals surface area (Å²) in [4.78, 5) is 34.3. The Kier molecular flexibility index (Phi) is 5.41. The first kappa shape index (κ1) is 20.7. The second-order valence-corrected chi connectivity index (χ2v) is 9.26. The molecule has 32 heavy (non-hydrogen) atoms. The lowest BCUT2D eigenvalue weighted by Crippen LogP contribution is -2.43. The first-order valence-electron chi connectivity index (χ1n) is 11.5. The Bertz CT molecular complexity index is 1110. The Morgan fingerprint density at radius 3 is 2.38 bits per heavy atom. The third-order valence-electron chi connectivity index (χ3n) is 6.79. The monoisotopic (exact) mass is 427 g/mol. The highest BCUT2D eigenvalue weighted by molar-refractivity contribution is 6.01. The van der Waals surface area contributed by atoms with Crippen LogP contribution in [0.15, 0.2) is 64.7 Å². The van der Waals surface area contributed by atoms with Gasteiger partial charge in [-0.25, -0.2) is 0 Å². The maximum atomic E-state index is 13.5. The average molecular weight is 428 g/mol. The molecule has 164 valence electrons. The number of hydrogen-bond donors (Lipinski definition) is 0. The molecule has 2 aliphatic carbocycles. The molecule has 1 atom stereocenters. The van der Waals surface area contributed by atoms with Gasteiger partial charge in [-0.05, 0) is 72.6 Å². The smallest absolute Gasteiger partial charge is 0.254 e. The zero-order chi connectivity index (χ0) is 22.2. The molecule has 0 saturated heterocycles. The number of carbonyl (C=O) groups excluding carboxylic acids is 2. The van der Waals surface area contributed by atoms with Gasteiger partial charge in [-0.1, -0.05) is 30.3 Å². The van der Waals surface area contributed by atoms with Crippen molar-refractivity contribution in [3.8, 4) is 11.1 Å². The Hall–Kier alpha value is -3.21. The SMILES string of the molecule is CN(C)C(=O)c1ccccc1-c1ccc(C(=O)N(C2CC2)C2CCC3=C(C=NC3)C2)cc1. The van der Waals surface area contributed by atoms with Crippen LogP contribution < -0.4 is 0 Å². The van der Waals surface area contributed by atoms with Gasteiger partial charge in [0, 0.05) is 43.5 Å². The van der Waals surface area contributed by atoms with Gasteiger partial charge in [-0.2, -0.15) is 0 Å². The summed E-state index contributed by atoms with van der Waals surface area (Å²) in [6.07, 6.45) is 7.22. The van der Waals surface area contributed by atoms with Crippen LogP contribution in [0.1, 0.15) is 52.8 Å². The summed E-state index contributed by atoms with van der Waals surface area (Å²) < 4.78 is 0. The van der Waals surface area contributed by atoms with Crippen LogP contribution in [0.4, 0.5) is 0 Å². The number of hydrogen-bond acceptors (Lipinski definition) is 3. The Labute approximate surface area is 189 Å². The standard InChI is InChI=1S/C27H29N3O2/c1-29(2)27(32)25-6-4-3-5-24(25)18-7-9-19(10-8-18)26(31)30(22-13-14-22)23-12-11-20-16-28-17-21(20)15-23/h3-10,17,22-23H,11-16H2,1-2H3. The third kappa shape index (κ3) is 3.88. The van der Waals surface area contributed by atoms with E-state index in [2.05, 4.69) is 9.89 Å². The fourth-order valence-electron chi connectivity index (χ4n) is 4.92. The number of carbonyl (C=O) groups is 2. The van der Waals surface area contributed by atoms with Crippen LogP contribution in [-0.4, -0.2) is 60.6 Å². The Balaban J connectivity index is 1.39. The molecule has 3 aliphatic rings. The largest absolute Gasteiger partial charge is 0.345 e. The highest BCUT2D eigenvalue weighted by atomic mass is 16.2. The molecule has 1 unspecified atom stereocenters. The van der Waals surface area contributed by atoms with Crippen molar-refractivity contribution in [3.63, 3.8) is 0 Å². The summed E-state index contributed by atoms with van der Waals surface area (Å²) in [6.45, 7) is 0.846. The number of nitrogens with zero attached hydrogens (tertiary/aromatic N) is 3. The third-order valence-corrected chi connectivity index (χ3v) is 6.79. The molecule has 0 spiro atoms. The van der Waals surface area contributed by atoms with Crippen LogP contribution in [-0.2, 0) is 0 Å². The van der Waals surface area contributed by atoms with Crippen molar-refractivity contribution >= 4 is 18.0 Å². The van der Waals surface area contributed by atoms with Crippen molar-refractivity contribution in [1.29, 1.82) is 0 Å². The van der Waals surface area contributed by atoms with Gasteiger partial charge in [0.2, 0.25) is 0 Å². The van der Waals surface area contributed by atoms with Crippen LogP contribution in [0.2, 0.25) is 0 Å². The normalized spacial score (nSPS) is 19.6. The van der Waals surface area contributed by atoms with Gasteiger partial charge < -0.3 is 9.80 Å². The highest BCUT2D eigenvalue weighted by Gasteiger charge is 2.39. The van der Waals surface area contributed by atoms with Gasteiger partial charge in [-0.15, -0.1) is 0 Å². The van der Waals surface area contributed by atoms with E-state index >= 15 is 0 Å². The first-order chi connectivity index (χ1) is 15.5. The second kappa shape index (κ2) is 8.38. The maximum absolute atomic E-state index is 13.5. The predicted octanol–water partition coefficient (Wildman–Crippen LogP) is 4.59. The molecular formula is C27H29N3O2. The van der Waals surface area contributed by atoms with E-state index in [0.717, 1.165) is 55.3 Å². The van der Waals surface area contributed by atoms with Gasteiger partial charge in [0.1, 0.15) is 0 Å². The molecule has 1 fully saturated rings. The minimum Gasteiger partial charge on any atom is -0.345 e. The fourth-order valence-corrected chi connectivity index (χ4v) is 4.92. The zero-order valence-electron chi connectivity index (χ0n) is 18.8. The van der Waals surface area contributed by atoms with Crippen LogP contribution in [0, 0.1) is 0 Å². The van der Waals surface area contributed by atoms with E-state index in [0.29, 0.717) is 11.6 Å². The number of amides is 2. The summed E-state index contributed by atoms with van der Waals surface area (Å²) in [5.74, 6) is 0.0998. The van der Waals surface area contributed by atoms with E-state index in [1.54, 1.807) is 19.0 Å². The lowest BCUT2D eigenvalue weighted by Gasteiger charge is -2.35. The van der Waals surface area contributed by atoms with Gasteiger partial charge in [0.15, 0.2) is 0 Å². The zero-order valence-corrected chi connectivity index (χ0v) is 18.8. The van der Waals surface area contributed by atoms with Gasteiger partial charge in [-0.3, -0.25) is 14.6 Å². The number of rotatable bonds is 5. The topological polar surface area (TPSA) is 53.0 Å². The summed E-state index contributed by atoms with van der Waals surface area (Å²) in [5.41, 5.74) is 6.02. The van der Waals surface area contributed by atoms with Crippen LogP contribution in [0.25, 0.3) is 11.1 Å². The van der Waals surface area contributed by atoms with E-state index in [-0.39, 0.29) is 17.9 Å². The second-order valence-electron chi connectivity index (χ2n) is 9.26. The average Bonchev–Trinajstić information content (AvgIpc) is 3.54. The summed E-state index contributed by atoms with van der Waals surface area (Å²) in [6, 6.07) is 16.0. The fraction of sp³-hybridized carbons (Fsp3) is 0.370. The maximum Gasteiger partial charge on any atom is 0.254 e. The predicted molar refractivity (Wildman–Crippen MR) is 127 cm³/mol. The molecule has 5 nitrogen and oxygen atoms in total. The molecule has 1 aliphatic heterocycles. The molecule has 2 aromatic rings. The van der Waals surface area contributed by atoms with Gasteiger partial charge >= 0.3 is 0 Å². The van der Waals surface area contributed by atoms with Gasteiger partial charge in [0.05, 0.1) is 6.54 Å². The first-order valence-corrected chi connectivity index (χ1v) is 11.5. The lowest BCUT2D eigenvalue weighted by molar-refractivity contribution is 0.0645. The summed E-state index contributed by atoms with van der Waals surface area (Å²) >= 11 is 0. The summed E-state index contributed by atoms with van der Waals surface area (Å²) in [7, 11) is 3.52. The van der Waals surface area contributed by atoms with Crippen molar-refractivity contribution in [1.82, 2.24) is 9.80 Å². The van der Waals surface area contributed by atoms with E-state index in [4.69, 9.17) is 0 Å². The molecule has 2 amide bonds. The van der Waals surface area contributed by atoms with Gasteiger partial charge in [0.25, 0.3) is 11.8 Å². The van der Waals surface area contributed by atoms with E-state index in [1.807, 2.05) is 54.7 Å². The molecule has 1 heterocycles. The highest BCUT2D eigenvalue weighted by Crippen LogP contribution is 2.37. The van der Waals surface area contributed by atoms with Crippen molar-refractivity contribution in [2.75, 3.05) is 20.6 Å². The van der Waals surface area contributed by atoms with Crippen LogP contribution >= 0.6 is 0 Å². The minimum atomic E-state index is -0.0258. The molecule has 0 radical (unpaired) electrons. The molecule has 2 aromatic carbocycles. The molecule has 0 aromatic heterocycles. The molecule has 5 rings (SSSR count). The van der Waals surface area contributed by atoms with Crippen molar-refractivity contribution in [2.24, 2.45) is 4.99 Å². The molecular weight excluding hydrogens is 398 g/mol. The van der Waals surface area contributed by atoms with Crippen LogP contribution in [0.3, 0.4) is 0 Å². The molecule has 0 N–H and O–H groups in total. The Morgan fingerprint density at radius 2 is 1.66 bits per heavy atom. The molecule has 0 bridgehead atoms. The lowest BCUT2D eigenvalue weighted by atomic mass is 9.88. The van der Waals surface area contributed by atoms with Crippen molar-refractivity contribution in [3.05, 3.63) is 70.8 Å². The molecule has 5 heteroatoms. The van der Waals surface area contributed by atoms with E-state index < -0.39 is 0 Å². The number of aliphatic imine (C=N–C) groups is 1. The van der Waals surface area contributed by atoms with Crippen molar-refractivity contribution < 1.29 is 9.59 Å².